The highest BCUT2D eigenvalue weighted by molar-refractivity contribution is 5.78. The quantitative estimate of drug-likeness (QED) is 0.240. The zero-order chi connectivity index (χ0) is 23.5. The third kappa shape index (κ3) is 8.18. The molecule has 0 radical (unpaired) electrons. The van der Waals surface area contributed by atoms with Gasteiger partial charge in [0.05, 0.1) is 0 Å². The molecule has 0 spiro atoms. The summed E-state index contributed by atoms with van der Waals surface area (Å²) >= 11 is 0. The molecular formula is C29H42O3. The van der Waals surface area contributed by atoms with Gasteiger partial charge in [-0.05, 0) is 54.1 Å². The van der Waals surface area contributed by atoms with Crippen LogP contribution in [-0.4, -0.2) is 22.3 Å². The minimum atomic E-state index is -1.33. The predicted molar refractivity (Wildman–Crippen MR) is 133 cm³/mol. The number of carbonyl (C=O) groups is 1. The molecular weight excluding hydrogens is 396 g/mol. The molecule has 0 aromatic heterocycles. The van der Waals surface area contributed by atoms with Crippen LogP contribution in [0.1, 0.15) is 96.1 Å². The fourth-order valence-electron chi connectivity index (χ4n) is 4.77. The number of hydrogen-bond donors (Lipinski definition) is 2. The Morgan fingerprint density at radius 3 is 1.62 bits per heavy atom. The second-order valence-electron chi connectivity index (χ2n) is 9.84. The summed E-state index contributed by atoms with van der Waals surface area (Å²) in [5.41, 5.74) is 2.41. The summed E-state index contributed by atoms with van der Waals surface area (Å²) in [5.74, 6) is 0.353. The lowest BCUT2D eigenvalue weighted by Crippen LogP contribution is -2.28. The van der Waals surface area contributed by atoms with Gasteiger partial charge in [-0.1, -0.05) is 94.3 Å². The molecule has 0 amide bonds. The number of Topliss-reactive ketones (excluding diaryl/α,β-unsaturated/α-hetero) is 1. The standard InChI is InChI=1S/C29H42O3/c1-4-28(2,24-15-7-5-8-16-24)21-13-11-19-26(30)20-12-14-22-29(3,23-27(31)32)25-17-9-6-10-18-25/h5-10,15-18,27,31-32H,4,11-14,19-23H2,1-3H3. The summed E-state index contributed by atoms with van der Waals surface area (Å²) in [6.07, 6.45) is 7.13. The first-order chi connectivity index (χ1) is 15.3. The fourth-order valence-corrected chi connectivity index (χ4v) is 4.77. The Labute approximate surface area is 194 Å². The van der Waals surface area contributed by atoms with Crippen LogP contribution < -0.4 is 0 Å². The molecule has 32 heavy (non-hydrogen) atoms. The van der Waals surface area contributed by atoms with Crippen LogP contribution in [0.25, 0.3) is 0 Å². The molecule has 2 unspecified atom stereocenters. The third-order valence-electron chi connectivity index (χ3n) is 7.22. The van der Waals surface area contributed by atoms with E-state index in [9.17, 15) is 15.0 Å². The van der Waals surface area contributed by atoms with E-state index in [1.54, 1.807) is 0 Å². The highest BCUT2D eigenvalue weighted by Gasteiger charge is 2.28. The van der Waals surface area contributed by atoms with Gasteiger partial charge in [-0.15, -0.1) is 0 Å². The predicted octanol–water partition coefficient (Wildman–Crippen LogP) is 6.70. The molecule has 2 rings (SSSR count). The van der Waals surface area contributed by atoms with Crippen molar-refractivity contribution in [2.45, 2.75) is 102 Å². The molecule has 0 heterocycles. The number of hydrogen-bond acceptors (Lipinski definition) is 3. The van der Waals surface area contributed by atoms with Gasteiger partial charge < -0.3 is 10.2 Å². The zero-order valence-corrected chi connectivity index (χ0v) is 20.2. The Kier molecular flexibility index (Phi) is 10.6. The summed E-state index contributed by atoms with van der Waals surface area (Å²) in [5, 5.41) is 19.1. The lowest BCUT2D eigenvalue weighted by atomic mass is 9.75. The molecule has 0 aliphatic rings. The Morgan fingerprint density at radius 2 is 1.19 bits per heavy atom. The second-order valence-corrected chi connectivity index (χ2v) is 9.84. The highest BCUT2D eigenvalue weighted by Crippen LogP contribution is 2.35. The van der Waals surface area contributed by atoms with Gasteiger partial charge in [0.25, 0.3) is 0 Å². The van der Waals surface area contributed by atoms with E-state index in [1.165, 1.54) is 5.56 Å². The van der Waals surface area contributed by atoms with Gasteiger partial charge in [0.15, 0.2) is 6.29 Å². The Hall–Kier alpha value is -1.97. The van der Waals surface area contributed by atoms with Crippen LogP contribution in [0, 0.1) is 0 Å². The van der Waals surface area contributed by atoms with Crippen molar-refractivity contribution in [1.29, 1.82) is 0 Å². The summed E-state index contributed by atoms with van der Waals surface area (Å²) < 4.78 is 0. The van der Waals surface area contributed by atoms with Crippen LogP contribution in [0.15, 0.2) is 60.7 Å². The maximum absolute atomic E-state index is 12.4. The first kappa shape index (κ1) is 26.3. The summed E-state index contributed by atoms with van der Waals surface area (Å²) in [7, 11) is 0. The third-order valence-corrected chi connectivity index (χ3v) is 7.22. The fraction of sp³-hybridized carbons (Fsp3) is 0.552. The van der Waals surface area contributed by atoms with E-state index in [1.807, 2.05) is 30.3 Å². The molecule has 176 valence electrons. The van der Waals surface area contributed by atoms with Gasteiger partial charge in [0.2, 0.25) is 0 Å². The molecule has 2 aromatic rings. The maximum Gasteiger partial charge on any atom is 0.152 e. The van der Waals surface area contributed by atoms with Gasteiger partial charge >= 0.3 is 0 Å². The van der Waals surface area contributed by atoms with E-state index < -0.39 is 6.29 Å². The Morgan fingerprint density at radius 1 is 0.750 bits per heavy atom. The number of rotatable bonds is 15. The molecule has 0 bridgehead atoms. The van der Waals surface area contributed by atoms with Crippen molar-refractivity contribution in [2.24, 2.45) is 0 Å². The van der Waals surface area contributed by atoms with E-state index in [4.69, 9.17) is 0 Å². The van der Waals surface area contributed by atoms with E-state index in [0.29, 0.717) is 25.0 Å². The number of aliphatic hydroxyl groups excluding tert-OH is 1. The van der Waals surface area contributed by atoms with Gasteiger partial charge in [0, 0.05) is 19.3 Å². The van der Waals surface area contributed by atoms with Crippen molar-refractivity contribution in [3.05, 3.63) is 71.8 Å². The molecule has 0 saturated carbocycles. The van der Waals surface area contributed by atoms with Crippen LogP contribution in [0.3, 0.4) is 0 Å². The molecule has 0 aliphatic heterocycles. The number of aliphatic hydroxyl groups is 2. The Balaban J connectivity index is 1.71. The maximum atomic E-state index is 12.4. The lowest BCUT2D eigenvalue weighted by molar-refractivity contribution is -0.119. The smallest absolute Gasteiger partial charge is 0.152 e. The normalized spacial score (nSPS) is 15.3. The van der Waals surface area contributed by atoms with Gasteiger partial charge in [-0.2, -0.15) is 0 Å². The zero-order valence-electron chi connectivity index (χ0n) is 20.2. The molecule has 0 aliphatic carbocycles. The molecule has 2 N–H and O–H groups in total. The van der Waals surface area contributed by atoms with Crippen molar-refractivity contribution < 1.29 is 15.0 Å². The molecule has 3 nitrogen and oxygen atoms in total. The molecule has 2 aromatic carbocycles. The highest BCUT2D eigenvalue weighted by atomic mass is 16.5. The summed E-state index contributed by atoms with van der Waals surface area (Å²) in [6, 6.07) is 20.8. The molecule has 0 fully saturated rings. The topological polar surface area (TPSA) is 57.5 Å². The largest absolute Gasteiger partial charge is 0.368 e. The first-order valence-electron chi connectivity index (χ1n) is 12.3. The number of benzene rings is 2. The lowest BCUT2D eigenvalue weighted by Gasteiger charge is -2.31. The van der Waals surface area contributed by atoms with Crippen LogP contribution in [-0.2, 0) is 15.6 Å². The monoisotopic (exact) mass is 438 g/mol. The van der Waals surface area contributed by atoms with E-state index in [2.05, 4.69) is 51.1 Å². The Bertz CT molecular complexity index is 787. The average Bonchev–Trinajstić information content (AvgIpc) is 2.80. The second kappa shape index (κ2) is 12.9. The van der Waals surface area contributed by atoms with Crippen LogP contribution in [0.4, 0.5) is 0 Å². The summed E-state index contributed by atoms with van der Waals surface area (Å²) in [6.45, 7) is 6.66. The van der Waals surface area contributed by atoms with Crippen molar-refractivity contribution in [3.8, 4) is 0 Å². The molecule has 2 atom stereocenters. The van der Waals surface area contributed by atoms with E-state index in [0.717, 1.165) is 50.5 Å². The van der Waals surface area contributed by atoms with Crippen molar-refractivity contribution in [1.82, 2.24) is 0 Å². The number of ketones is 1. The number of carbonyl (C=O) groups excluding carboxylic acids is 1. The van der Waals surface area contributed by atoms with Crippen LogP contribution >= 0.6 is 0 Å². The van der Waals surface area contributed by atoms with Crippen molar-refractivity contribution in [2.75, 3.05) is 0 Å². The van der Waals surface area contributed by atoms with Gasteiger partial charge in [0.1, 0.15) is 5.78 Å². The first-order valence-corrected chi connectivity index (χ1v) is 12.3. The summed E-state index contributed by atoms with van der Waals surface area (Å²) in [4.78, 5) is 12.4. The minimum absolute atomic E-state index is 0.184. The van der Waals surface area contributed by atoms with Gasteiger partial charge in [-0.25, -0.2) is 0 Å². The molecule has 0 saturated heterocycles. The van der Waals surface area contributed by atoms with Crippen molar-refractivity contribution >= 4 is 5.78 Å². The van der Waals surface area contributed by atoms with Crippen molar-refractivity contribution in [3.63, 3.8) is 0 Å². The van der Waals surface area contributed by atoms with Crippen LogP contribution in [0.2, 0.25) is 0 Å². The molecule has 3 heteroatoms. The average molecular weight is 439 g/mol. The van der Waals surface area contributed by atoms with E-state index >= 15 is 0 Å². The SMILES string of the molecule is CCC(C)(CCCCC(=O)CCCCC(C)(CC(O)O)c1ccccc1)c1ccccc1. The van der Waals surface area contributed by atoms with Crippen LogP contribution in [0.5, 0.6) is 0 Å². The minimum Gasteiger partial charge on any atom is -0.368 e. The van der Waals surface area contributed by atoms with E-state index in [-0.39, 0.29) is 10.8 Å². The van der Waals surface area contributed by atoms with Gasteiger partial charge in [-0.3, -0.25) is 4.79 Å². The number of unbranched alkanes of at least 4 members (excludes halogenated alkanes) is 2.